The van der Waals surface area contributed by atoms with E-state index in [9.17, 15) is 8.42 Å². The average molecular weight is 295 g/mol. The fourth-order valence-corrected chi connectivity index (χ4v) is 3.36. The molecular weight excluding hydrogens is 278 g/mol. The summed E-state index contributed by atoms with van der Waals surface area (Å²) < 4.78 is 29.1. The van der Waals surface area contributed by atoms with E-state index in [2.05, 4.69) is 20.2 Å². The van der Waals surface area contributed by atoms with Crippen LogP contribution in [-0.4, -0.2) is 30.2 Å². The van der Waals surface area contributed by atoms with Crippen LogP contribution in [0.2, 0.25) is 0 Å². The van der Waals surface area contributed by atoms with Gasteiger partial charge in [-0.05, 0) is 19.1 Å². The van der Waals surface area contributed by atoms with E-state index in [1.807, 2.05) is 0 Å². The average Bonchev–Trinajstić information content (AvgIpc) is 2.84. The Labute approximate surface area is 118 Å². The van der Waals surface area contributed by atoms with Gasteiger partial charge in [0.2, 0.25) is 10.0 Å². The van der Waals surface area contributed by atoms with Crippen LogP contribution >= 0.6 is 0 Å². The van der Waals surface area contributed by atoms with Crippen LogP contribution in [0.25, 0.3) is 0 Å². The van der Waals surface area contributed by atoms with E-state index in [-0.39, 0.29) is 4.90 Å². The molecule has 0 radical (unpaired) electrons. The Hall–Kier alpha value is -1.93. The molecule has 0 aliphatic heterocycles. The molecule has 1 heterocycles. The molecule has 0 spiro atoms. The SMILES string of the molecule is CNc1ccccc1S(=O)(=O)NC(C)c1nncn1C. The van der Waals surface area contributed by atoms with E-state index in [0.29, 0.717) is 11.5 Å². The number of benzene rings is 1. The van der Waals surface area contributed by atoms with Gasteiger partial charge in [-0.2, -0.15) is 0 Å². The van der Waals surface area contributed by atoms with Gasteiger partial charge in [-0.3, -0.25) is 0 Å². The number of nitrogens with zero attached hydrogens (tertiary/aromatic N) is 3. The number of hydrogen-bond donors (Lipinski definition) is 2. The van der Waals surface area contributed by atoms with Crippen LogP contribution in [0.4, 0.5) is 5.69 Å². The number of rotatable bonds is 5. The molecule has 7 nitrogen and oxygen atoms in total. The molecule has 2 aromatic rings. The van der Waals surface area contributed by atoms with E-state index in [1.54, 1.807) is 49.9 Å². The first-order valence-corrected chi connectivity index (χ1v) is 7.57. The maximum atomic E-state index is 12.4. The van der Waals surface area contributed by atoms with Gasteiger partial charge in [0.05, 0.1) is 11.7 Å². The zero-order chi connectivity index (χ0) is 14.8. The second kappa shape index (κ2) is 5.59. The molecule has 1 aromatic carbocycles. The highest BCUT2D eigenvalue weighted by atomic mass is 32.2. The standard InChI is InChI=1S/C12H17N5O2S/c1-9(12-15-14-8-17(12)3)16-20(18,19)11-7-5-4-6-10(11)13-2/h4-9,13,16H,1-3H3. The quantitative estimate of drug-likeness (QED) is 0.855. The molecule has 0 bridgehead atoms. The Morgan fingerprint density at radius 2 is 2.00 bits per heavy atom. The van der Waals surface area contributed by atoms with Gasteiger partial charge in [-0.15, -0.1) is 10.2 Å². The van der Waals surface area contributed by atoms with Gasteiger partial charge in [-0.1, -0.05) is 12.1 Å². The minimum atomic E-state index is -3.64. The largest absolute Gasteiger partial charge is 0.387 e. The lowest BCUT2D eigenvalue weighted by Gasteiger charge is -2.15. The van der Waals surface area contributed by atoms with Crippen molar-refractivity contribution in [3.63, 3.8) is 0 Å². The minimum Gasteiger partial charge on any atom is -0.387 e. The molecule has 2 N–H and O–H groups in total. The predicted molar refractivity (Wildman–Crippen MR) is 75.7 cm³/mol. The van der Waals surface area contributed by atoms with Gasteiger partial charge in [0.25, 0.3) is 0 Å². The lowest BCUT2D eigenvalue weighted by atomic mass is 10.3. The summed E-state index contributed by atoms with van der Waals surface area (Å²) in [7, 11) is -0.192. The zero-order valence-corrected chi connectivity index (χ0v) is 12.3. The third-order valence-corrected chi connectivity index (χ3v) is 4.51. The number of sulfonamides is 1. The number of nitrogens with one attached hydrogen (secondary N) is 2. The third kappa shape index (κ3) is 2.81. The van der Waals surface area contributed by atoms with Crippen LogP contribution < -0.4 is 10.0 Å². The summed E-state index contributed by atoms with van der Waals surface area (Å²) in [5.41, 5.74) is 0.546. The Morgan fingerprint density at radius 3 is 2.60 bits per heavy atom. The molecule has 2 rings (SSSR count). The lowest BCUT2D eigenvalue weighted by molar-refractivity contribution is 0.553. The van der Waals surface area contributed by atoms with Crippen molar-refractivity contribution in [2.24, 2.45) is 7.05 Å². The highest BCUT2D eigenvalue weighted by molar-refractivity contribution is 7.89. The monoisotopic (exact) mass is 295 g/mol. The number of hydrogen-bond acceptors (Lipinski definition) is 5. The Kier molecular flexibility index (Phi) is 4.05. The molecule has 1 atom stereocenters. The maximum Gasteiger partial charge on any atom is 0.243 e. The number of aryl methyl sites for hydroxylation is 1. The van der Waals surface area contributed by atoms with Crippen molar-refractivity contribution in [1.82, 2.24) is 19.5 Å². The summed E-state index contributed by atoms with van der Waals surface area (Å²) in [6, 6.07) is 6.25. The lowest BCUT2D eigenvalue weighted by Crippen LogP contribution is -2.29. The summed E-state index contributed by atoms with van der Waals surface area (Å²) in [4.78, 5) is 0.205. The zero-order valence-electron chi connectivity index (χ0n) is 11.5. The van der Waals surface area contributed by atoms with Gasteiger partial charge in [0, 0.05) is 14.1 Å². The highest BCUT2D eigenvalue weighted by Crippen LogP contribution is 2.22. The molecule has 20 heavy (non-hydrogen) atoms. The molecule has 108 valence electrons. The van der Waals surface area contributed by atoms with Crippen molar-refractivity contribution >= 4 is 15.7 Å². The van der Waals surface area contributed by atoms with Gasteiger partial charge in [0.15, 0.2) is 0 Å². The van der Waals surface area contributed by atoms with Gasteiger partial charge < -0.3 is 9.88 Å². The van der Waals surface area contributed by atoms with E-state index in [0.717, 1.165) is 0 Å². The fraction of sp³-hybridized carbons (Fsp3) is 0.333. The molecular formula is C12H17N5O2S. The number of anilines is 1. The molecule has 1 unspecified atom stereocenters. The van der Waals surface area contributed by atoms with E-state index < -0.39 is 16.1 Å². The van der Waals surface area contributed by atoms with Gasteiger partial charge in [0.1, 0.15) is 17.0 Å². The Morgan fingerprint density at radius 1 is 1.30 bits per heavy atom. The van der Waals surface area contributed by atoms with Crippen molar-refractivity contribution in [2.75, 3.05) is 12.4 Å². The highest BCUT2D eigenvalue weighted by Gasteiger charge is 2.23. The van der Waals surface area contributed by atoms with Crippen molar-refractivity contribution in [2.45, 2.75) is 17.9 Å². The molecule has 1 aromatic heterocycles. The number of aromatic nitrogens is 3. The Balaban J connectivity index is 2.30. The topological polar surface area (TPSA) is 88.9 Å². The van der Waals surface area contributed by atoms with E-state index in [4.69, 9.17) is 0 Å². The second-order valence-corrected chi connectivity index (χ2v) is 6.07. The van der Waals surface area contributed by atoms with Crippen LogP contribution in [0, 0.1) is 0 Å². The molecule has 0 aliphatic carbocycles. The van der Waals surface area contributed by atoms with Crippen molar-refractivity contribution in [1.29, 1.82) is 0 Å². The summed E-state index contributed by atoms with van der Waals surface area (Å²) in [6.45, 7) is 1.73. The first-order valence-electron chi connectivity index (χ1n) is 6.08. The molecule has 0 saturated heterocycles. The van der Waals surface area contributed by atoms with Crippen LogP contribution in [-0.2, 0) is 17.1 Å². The molecule has 0 amide bonds. The summed E-state index contributed by atoms with van der Waals surface area (Å²) in [6.07, 6.45) is 1.53. The first-order chi connectivity index (χ1) is 9.45. The summed E-state index contributed by atoms with van der Waals surface area (Å²) >= 11 is 0. The van der Waals surface area contributed by atoms with Crippen molar-refractivity contribution in [3.05, 3.63) is 36.4 Å². The van der Waals surface area contributed by atoms with Gasteiger partial charge in [-0.25, -0.2) is 13.1 Å². The van der Waals surface area contributed by atoms with Crippen LogP contribution in [0.15, 0.2) is 35.5 Å². The molecule has 0 saturated carbocycles. The van der Waals surface area contributed by atoms with Gasteiger partial charge >= 0.3 is 0 Å². The third-order valence-electron chi connectivity index (χ3n) is 2.91. The maximum absolute atomic E-state index is 12.4. The van der Waals surface area contributed by atoms with E-state index in [1.165, 1.54) is 6.33 Å². The fourth-order valence-electron chi connectivity index (χ4n) is 1.94. The summed E-state index contributed by atoms with van der Waals surface area (Å²) in [5, 5.41) is 10.5. The number of para-hydroxylation sites is 1. The summed E-state index contributed by atoms with van der Waals surface area (Å²) in [5.74, 6) is 0.551. The van der Waals surface area contributed by atoms with Crippen LogP contribution in [0.3, 0.4) is 0 Å². The molecule has 0 aliphatic rings. The van der Waals surface area contributed by atoms with E-state index >= 15 is 0 Å². The molecule has 8 heteroatoms. The Bertz CT molecular complexity index is 695. The minimum absolute atomic E-state index is 0.205. The van der Waals surface area contributed by atoms with Crippen LogP contribution in [0.5, 0.6) is 0 Å². The first kappa shape index (κ1) is 14.5. The van der Waals surface area contributed by atoms with Crippen molar-refractivity contribution < 1.29 is 8.42 Å². The molecule has 0 fully saturated rings. The predicted octanol–water partition coefficient (Wildman–Crippen LogP) is 0.896. The van der Waals surface area contributed by atoms with Crippen molar-refractivity contribution in [3.8, 4) is 0 Å². The normalized spacial score (nSPS) is 13.2. The smallest absolute Gasteiger partial charge is 0.243 e. The van der Waals surface area contributed by atoms with Crippen LogP contribution in [0.1, 0.15) is 18.8 Å². The second-order valence-electron chi connectivity index (χ2n) is 4.39.